The minimum absolute atomic E-state index is 0.373. The van der Waals surface area contributed by atoms with Crippen LogP contribution in [0.4, 0.5) is 0 Å². The number of hydrogen-bond donors (Lipinski definition) is 2. The van der Waals surface area contributed by atoms with Crippen LogP contribution in [0.15, 0.2) is 11.6 Å². The SMILES string of the molecule is CC(C)=CCNC(=O)C(C)(C)C(=O)O. The maximum atomic E-state index is 11.4. The summed E-state index contributed by atoms with van der Waals surface area (Å²) in [4.78, 5) is 22.0. The lowest BCUT2D eigenvalue weighted by atomic mass is 9.93. The first-order chi connectivity index (χ1) is 6.28. The van der Waals surface area contributed by atoms with Crippen molar-refractivity contribution in [3.05, 3.63) is 11.6 Å². The molecule has 0 aliphatic carbocycles. The molecule has 0 saturated heterocycles. The highest BCUT2D eigenvalue weighted by atomic mass is 16.4. The lowest BCUT2D eigenvalue weighted by Gasteiger charge is -2.17. The second-order valence-corrected chi connectivity index (χ2v) is 3.92. The Hall–Kier alpha value is -1.32. The zero-order chi connectivity index (χ0) is 11.4. The fourth-order valence-corrected chi connectivity index (χ4v) is 0.666. The number of aliphatic carboxylic acids is 1. The van der Waals surface area contributed by atoms with E-state index in [1.54, 1.807) is 0 Å². The second-order valence-electron chi connectivity index (χ2n) is 3.92. The van der Waals surface area contributed by atoms with Crippen molar-refractivity contribution in [2.45, 2.75) is 27.7 Å². The number of allylic oxidation sites excluding steroid dienone is 1. The number of rotatable bonds is 4. The van der Waals surface area contributed by atoms with Gasteiger partial charge in [0.05, 0.1) is 0 Å². The van der Waals surface area contributed by atoms with Gasteiger partial charge in [-0.1, -0.05) is 11.6 Å². The van der Waals surface area contributed by atoms with Crippen LogP contribution in [0.1, 0.15) is 27.7 Å². The van der Waals surface area contributed by atoms with Gasteiger partial charge >= 0.3 is 5.97 Å². The van der Waals surface area contributed by atoms with Gasteiger partial charge in [0.2, 0.25) is 5.91 Å². The van der Waals surface area contributed by atoms with Gasteiger partial charge in [-0.2, -0.15) is 0 Å². The van der Waals surface area contributed by atoms with Gasteiger partial charge in [0.1, 0.15) is 5.41 Å². The monoisotopic (exact) mass is 199 g/mol. The van der Waals surface area contributed by atoms with Crippen molar-refractivity contribution in [3.63, 3.8) is 0 Å². The molecule has 0 aromatic carbocycles. The minimum atomic E-state index is -1.37. The predicted octanol–water partition coefficient (Wildman–Crippen LogP) is 1.18. The van der Waals surface area contributed by atoms with Gasteiger partial charge in [-0.05, 0) is 27.7 Å². The molecule has 0 aromatic heterocycles. The quantitative estimate of drug-likeness (QED) is 0.527. The van der Waals surface area contributed by atoms with Crippen LogP contribution in [-0.4, -0.2) is 23.5 Å². The molecule has 0 atom stereocenters. The standard InChI is InChI=1S/C10H17NO3/c1-7(2)5-6-11-8(12)10(3,4)9(13)14/h5H,6H2,1-4H3,(H,11,12)(H,13,14). The molecule has 0 spiro atoms. The lowest BCUT2D eigenvalue weighted by molar-refractivity contribution is -0.153. The molecule has 4 nitrogen and oxygen atoms in total. The molecule has 0 aliphatic rings. The van der Waals surface area contributed by atoms with Crippen molar-refractivity contribution in [2.75, 3.05) is 6.54 Å². The molecule has 0 saturated carbocycles. The number of carbonyl (C=O) groups excluding carboxylic acids is 1. The van der Waals surface area contributed by atoms with Gasteiger partial charge in [-0.3, -0.25) is 9.59 Å². The van der Waals surface area contributed by atoms with Gasteiger partial charge in [0.25, 0.3) is 0 Å². The molecule has 0 aliphatic heterocycles. The van der Waals surface area contributed by atoms with Crippen LogP contribution in [0.3, 0.4) is 0 Å². The Balaban J connectivity index is 4.23. The van der Waals surface area contributed by atoms with Gasteiger partial charge < -0.3 is 10.4 Å². The van der Waals surface area contributed by atoms with Crippen molar-refractivity contribution in [1.29, 1.82) is 0 Å². The highest BCUT2D eigenvalue weighted by Gasteiger charge is 2.35. The van der Waals surface area contributed by atoms with Crippen molar-refractivity contribution in [3.8, 4) is 0 Å². The maximum Gasteiger partial charge on any atom is 0.318 e. The van der Waals surface area contributed by atoms with E-state index in [0.29, 0.717) is 6.54 Å². The molecule has 0 unspecified atom stereocenters. The fourth-order valence-electron chi connectivity index (χ4n) is 0.666. The smallest absolute Gasteiger partial charge is 0.318 e. The molecule has 14 heavy (non-hydrogen) atoms. The molecule has 0 radical (unpaired) electrons. The Morgan fingerprint density at radius 3 is 2.21 bits per heavy atom. The highest BCUT2D eigenvalue weighted by Crippen LogP contribution is 2.14. The van der Waals surface area contributed by atoms with E-state index in [-0.39, 0.29) is 0 Å². The van der Waals surface area contributed by atoms with Crippen molar-refractivity contribution < 1.29 is 14.7 Å². The first-order valence-corrected chi connectivity index (χ1v) is 4.43. The molecule has 0 bridgehead atoms. The van der Waals surface area contributed by atoms with E-state index >= 15 is 0 Å². The molecular formula is C10H17NO3. The molecule has 80 valence electrons. The predicted molar refractivity (Wildman–Crippen MR) is 53.9 cm³/mol. The van der Waals surface area contributed by atoms with Crippen LogP contribution in [0, 0.1) is 5.41 Å². The van der Waals surface area contributed by atoms with Crippen LogP contribution < -0.4 is 5.32 Å². The molecule has 0 fully saturated rings. The second kappa shape index (κ2) is 4.79. The molecule has 4 heteroatoms. The topological polar surface area (TPSA) is 66.4 Å². The normalized spacial score (nSPS) is 10.6. The molecule has 1 amide bonds. The van der Waals surface area contributed by atoms with E-state index in [9.17, 15) is 9.59 Å². The summed E-state index contributed by atoms with van der Waals surface area (Å²) in [6.45, 7) is 6.96. The van der Waals surface area contributed by atoms with Gasteiger partial charge in [-0.25, -0.2) is 0 Å². The van der Waals surface area contributed by atoms with Crippen LogP contribution in [0.25, 0.3) is 0 Å². The van der Waals surface area contributed by atoms with Crippen LogP contribution in [0.5, 0.6) is 0 Å². The number of amides is 1. The third-order valence-electron chi connectivity index (χ3n) is 1.88. The maximum absolute atomic E-state index is 11.4. The molecule has 2 N–H and O–H groups in total. The van der Waals surface area contributed by atoms with Crippen molar-refractivity contribution >= 4 is 11.9 Å². The van der Waals surface area contributed by atoms with E-state index in [1.165, 1.54) is 13.8 Å². The number of carbonyl (C=O) groups is 2. The summed E-state index contributed by atoms with van der Waals surface area (Å²) >= 11 is 0. The number of carboxylic acid groups (broad SMARTS) is 1. The van der Waals surface area contributed by atoms with E-state index in [0.717, 1.165) is 5.57 Å². The largest absolute Gasteiger partial charge is 0.480 e. The minimum Gasteiger partial charge on any atom is -0.480 e. The summed E-state index contributed by atoms with van der Waals surface area (Å²) in [6, 6.07) is 0. The zero-order valence-corrected chi connectivity index (χ0v) is 9.05. The third-order valence-corrected chi connectivity index (χ3v) is 1.88. The average Bonchev–Trinajstić information content (AvgIpc) is 2.02. The Bertz CT molecular complexity index is 263. The van der Waals surface area contributed by atoms with Crippen LogP contribution in [0.2, 0.25) is 0 Å². The van der Waals surface area contributed by atoms with E-state index in [4.69, 9.17) is 5.11 Å². The number of carboxylic acids is 1. The average molecular weight is 199 g/mol. The molecule has 0 heterocycles. The fraction of sp³-hybridized carbons (Fsp3) is 0.600. The van der Waals surface area contributed by atoms with E-state index < -0.39 is 17.3 Å². The highest BCUT2D eigenvalue weighted by molar-refractivity contribution is 6.00. The summed E-state index contributed by atoms with van der Waals surface area (Å²) in [5, 5.41) is 11.3. The van der Waals surface area contributed by atoms with Gasteiger partial charge in [0.15, 0.2) is 0 Å². The van der Waals surface area contributed by atoms with Gasteiger partial charge in [-0.15, -0.1) is 0 Å². The van der Waals surface area contributed by atoms with Crippen LogP contribution >= 0.6 is 0 Å². The summed E-state index contributed by atoms with van der Waals surface area (Å²) in [5.41, 5.74) is -0.284. The molecular weight excluding hydrogens is 182 g/mol. The van der Waals surface area contributed by atoms with E-state index in [2.05, 4.69) is 5.32 Å². The van der Waals surface area contributed by atoms with Crippen LogP contribution in [-0.2, 0) is 9.59 Å². The first kappa shape index (κ1) is 12.7. The summed E-state index contributed by atoms with van der Waals surface area (Å²) in [7, 11) is 0. The molecule has 0 aromatic rings. The number of hydrogen-bond acceptors (Lipinski definition) is 2. The molecule has 0 rings (SSSR count). The van der Waals surface area contributed by atoms with E-state index in [1.807, 2.05) is 19.9 Å². The first-order valence-electron chi connectivity index (χ1n) is 4.43. The summed E-state index contributed by atoms with van der Waals surface area (Å²) < 4.78 is 0. The number of nitrogens with one attached hydrogen (secondary N) is 1. The third kappa shape index (κ3) is 3.60. The van der Waals surface area contributed by atoms with Crippen molar-refractivity contribution in [1.82, 2.24) is 5.32 Å². The zero-order valence-electron chi connectivity index (χ0n) is 9.05. The Labute approximate surface area is 84.0 Å². The Morgan fingerprint density at radius 1 is 1.36 bits per heavy atom. The lowest BCUT2D eigenvalue weighted by Crippen LogP contribution is -2.42. The summed E-state index contributed by atoms with van der Waals surface area (Å²) in [6.07, 6.45) is 1.83. The van der Waals surface area contributed by atoms with Gasteiger partial charge in [0, 0.05) is 6.54 Å². The van der Waals surface area contributed by atoms with Crippen molar-refractivity contribution in [2.24, 2.45) is 5.41 Å². The summed E-state index contributed by atoms with van der Waals surface area (Å²) in [5.74, 6) is -1.59. The Kier molecular flexibility index (Phi) is 4.34. The Morgan fingerprint density at radius 2 is 1.86 bits per heavy atom.